The SMILES string of the molecule is C=C(CCC(=C)C(=O)OC1=CC=C(c2ccc(OCCCCCCOC(=O)C(=C)F)cc2)CC1)OCCCOC=O. The number of ether oxygens (including phenoxy) is 5. The van der Waals surface area contributed by atoms with Crippen LogP contribution in [0.4, 0.5) is 4.39 Å². The second-order valence-electron chi connectivity index (χ2n) is 9.35. The van der Waals surface area contributed by atoms with Gasteiger partial charge in [0.25, 0.3) is 6.47 Å². The van der Waals surface area contributed by atoms with Gasteiger partial charge in [-0.1, -0.05) is 37.9 Å². The number of esters is 2. The summed E-state index contributed by atoms with van der Waals surface area (Å²) < 4.78 is 38.6. The Kier molecular flexibility index (Phi) is 15.3. The van der Waals surface area contributed by atoms with Gasteiger partial charge < -0.3 is 23.7 Å². The van der Waals surface area contributed by atoms with Crippen molar-refractivity contribution >= 4 is 24.0 Å². The monoisotopic (exact) mass is 570 g/mol. The van der Waals surface area contributed by atoms with Crippen molar-refractivity contribution in [1.82, 2.24) is 0 Å². The Hall–Kier alpha value is -4.14. The highest BCUT2D eigenvalue weighted by Crippen LogP contribution is 2.29. The van der Waals surface area contributed by atoms with E-state index in [1.807, 2.05) is 36.4 Å². The van der Waals surface area contributed by atoms with Crippen molar-refractivity contribution < 1.29 is 42.5 Å². The Bertz CT molecular complexity index is 1120. The van der Waals surface area contributed by atoms with Gasteiger partial charge in [0.15, 0.2) is 0 Å². The minimum absolute atomic E-state index is 0.184. The van der Waals surface area contributed by atoms with E-state index in [-0.39, 0.29) is 13.2 Å². The molecule has 1 aliphatic carbocycles. The first kappa shape index (κ1) is 33.1. The van der Waals surface area contributed by atoms with E-state index in [0.717, 1.165) is 42.6 Å². The van der Waals surface area contributed by atoms with Gasteiger partial charge in [-0.25, -0.2) is 9.59 Å². The van der Waals surface area contributed by atoms with Gasteiger partial charge >= 0.3 is 11.9 Å². The third-order valence-corrected chi connectivity index (χ3v) is 6.10. The molecule has 0 unspecified atom stereocenters. The van der Waals surface area contributed by atoms with E-state index in [1.165, 1.54) is 0 Å². The molecule has 8 nitrogen and oxygen atoms in total. The quantitative estimate of drug-likeness (QED) is 0.0403. The second kappa shape index (κ2) is 19.0. The molecule has 0 spiro atoms. The maximum absolute atomic E-state index is 12.5. The third-order valence-electron chi connectivity index (χ3n) is 6.10. The summed E-state index contributed by atoms with van der Waals surface area (Å²) in [4.78, 5) is 33.5. The number of halogens is 1. The Labute approximate surface area is 241 Å². The molecular formula is C32H39FO8. The van der Waals surface area contributed by atoms with Crippen LogP contribution in [0.25, 0.3) is 5.57 Å². The van der Waals surface area contributed by atoms with E-state index in [0.29, 0.717) is 68.9 Å². The fraction of sp³-hybridized carbons (Fsp3) is 0.406. The number of benzene rings is 1. The van der Waals surface area contributed by atoms with Gasteiger partial charge in [0, 0.05) is 24.8 Å². The number of hydrogen-bond acceptors (Lipinski definition) is 8. The molecule has 0 atom stereocenters. The standard InChI is InChI=1S/C32H39FO8/c1-24(9-10-25(2)38-22-8-19-37-23-34)31(35)41-30-17-13-28(14-18-30)27-11-15-29(16-12-27)39-20-6-4-5-7-21-40-32(36)26(3)33/h11-13,15-17,23H,1-10,14,18-22H2. The van der Waals surface area contributed by atoms with Crippen LogP contribution in [0.3, 0.4) is 0 Å². The Morgan fingerprint density at radius 1 is 0.805 bits per heavy atom. The van der Waals surface area contributed by atoms with E-state index in [4.69, 9.17) is 18.9 Å². The van der Waals surface area contributed by atoms with Crippen LogP contribution in [0, 0.1) is 0 Å². The molecular weight excluding hydrogens is 531 g/mol. The number of allylic oxidation sites excluding steroid dienone is 5. The summed E-state index contributed by atoms with van der Waals surface area (Å²) in [5.74, 6) is -0.631. The summed E-state index contributed by atoms with van der Waals surface area (Å²) in [7, 11) is 0. The van der Waals surface area contributed by atoms with Crippen molar-refractivity contribution in [1.29, 1.82) is 0 Å². The molecule has 0 aromatic heterocycles. The van der Waals surface area contributed by atoms with Crippen LogP contribution in [0.2, 0.25) is 0 Å². The number of carbonyl (C=O) groups excluding carboxylic acids is 3. The fourth-order valence-corrected chi connectivity index (χ4v) is 3.76. The number of unbranched alkanes of at least 4 members (excludes halogenated alkanes) is 3. The molecule has 9 heteroatoms. The minimum atomic E-state index is -1.08. The minimum Gasteiger partial charge on any atom is -0.498 e. The lowest BCUT2D eigenvalue weighted by molar-refractivity contribution is -0.141. The first-order chi connectivity index (χ1) is 19.8. The van der Waals surface area contributed by atoms with Crippen LogP contribution in [-0.2, 0) is 33.3 Å². The summed E-state index contributed by atoms with van der Waals surface area (Å²) in [6.45, 7) is 12.4. The summed E-state index contributed by atoms with van der Waals surface area (Å²) in [6, 6.07) is 7.87. The summed E-state index contributed by atoms with van der Waals surface area (Å²) in [6.07, 6.45) is 9.78. The van der Waals surface area contributed by atoms with Crippen molar-refractivity contribution in [3.8, 4) is 5.75 Å². The summed E-state index contributed by atoms with van der Waals surface area (Å²) in [5, 5.41) is 0. The summed E-state index contributed by atoms with van der Waals surface area (Å²) >= 11 is 0. The van der Waals surface area contributed by atoms with E-state index >= 15 is 0 Å². The molecule has 0 heterocycles. The molecule has 0 saturated carbocycles. The topological polar surface area (TPSA) is 97.4 Å². The average molecular weight is 571 g/mol. The van der Waals surface area contributed by atoms with Crippen molar-refractivity contribution in [3.63, 3.8) is 0 Å². The molecule has 0 saturated heterocycles. The van der Waals surface area contributed by atoms with Crippen LogP contribution in [0.1, 0.15) is 63.4 Å². The van der Waals surface area contributed by atoms with E-state index in [2.05, 4.69) is 24.5 Å². The highest BCUT2D eigenvalue weighted by molar-refractivity contribution is 5.88. The van der Waals surface area contributed by atoms with Gasteiger partial charge in [-0.15, -0.1) is 0 Å². The molecule has 0 bridgehead atoms. The lowest BCUT2D eigenvalue weighted by Crippen LogP contribution is -2.09. The van der Waals surface area contributed by atoms with Crippen LogP contribution < -0.4 is 4.74 Å². The van der Waals surface area contributed by atoms with E-state index in [9.17, 15) is 18.8 Å². The van der Waals surface area contributed by atoms with Crippen molar-refractivity contribution in [2.24, 2.45) is 0 Å². The maximum atomic E-state index is 12.5. The van der Waals surface area contributed by atoms with Crippen LogP contribution in [0.15, 0.2) is 79.1 Å². The zero-order valence-corrected chi connectivity index (χ0v) is 23.5. The first-order valence-electron chi connectivity index (χ1n) is 13.7. The largest absolute Gasteiger partial charge is 0.498 e. The maximum Gasteiger partial charge on any atom is 0.366 e. The van der Waals surface area contributed by atoms with Crippen LogP contribution in [-0.4, -0.2) is 44.8 Å². The molecule has 0 amide bonds. The smallest absolute Gasteiger partial charge is 0.366 e. The van der Waals surface area contributed by atoms with Crippen molar-refractivity contribution in [2.75, 3.05) is 26.4 Å². The zero-order chi connectivity index (χ0) is 29.9. The molecule has 0 radical (unpaired) electrons. The zero-order valence-electron chi connectivity index (χ0n) is 23.5. The molecule has 0 fully saturated rings. The lowest BCUT2D eigenvalue weighted by atomic mass is 9.96. The number of hydrogen-bond donors (Lipinski definition) is 0. The van der Waals surface area contributed by atoms with Gasteiger partial charge in [0.05, 0.1) is 32.2 Å². The van der Waals surface area contributed by atoms with Crippen LogP contribution >= 0.6 is 0 Å². The van der Waals surface area contributed by atoms with Crippen molar-refractivity contribution in [2.45, 2.75) is 57.8 Å². The molecule has 41 heavy (non-hydrogen) atoms. The average Bonchev–Trinajstić information content (AvgIpc) is 2.97. The molecule has 1 aliphatic rings. The molecule has 0 aliphatic heterocycles. The van der Waals surface area contributed by atoms with Gasteiger partial charge in [-0.3, -0.25) is 4.79 Å². The van der Waals surface area contributed by atoms with Gasteiger partial charge in [-0.05, 0) is 67.9 Å². The van der Waals surface area contributed by atoms with E-state index in [1.54, 1.807) is 0 Å². The molecule has 222 valence electrons. The molecule has 1 aromatic carbocycles. The summed E-state index contributed by atoms with van der Waals surface area (Å²) in [5.41, 5.74) is 2.56. The molecule has 2 rings (SSSR count). The predicted octanol–water partition coefficient (Wildman–Crippen LogP) is 6.69. The van der Waals surface area contributed by atoms with Crippen LogP contribution in [0.5, 0.6) is 5.75 Å². The van der Waals surface area contributed by atoms with Crippen molar-refractivity contribution in [3.05, 3.63) is 84.6 Å². The molecule has 1 aromatic rings. The van der Waals surface area contributed by atoms with Gasteiger partial charge in [-0.2, -0.15) is 4.39 Å². The second-order valence-corrected chi connectivity index (χ2v) is 9.35. The lowest BCUT2D eigenvalue weighted by Gasteiger charge is -2.16. The first-order valence-corrected chi connectivity index (χ1v) is 13.7. The Morgan fingerprint density at radius 2 is 1.51 bits per heavy atom. The number of carbonyl (C=O) groups is 3. The predicted molar refractivity (Wildman–Crippen MR) is 153 cm³/mol. The number of rotatable bonds is 21. The van der Waals surface area contributed by atoms with E-state index < -0.39 is 17.8 Å². The van der Waals surface area contributed by atoms with Gasteiger partial charge in [0.1, 0.15) is 11.5 Å². The Balaban J connectivity index is 1.65. The Morgan fingerprint density at radius 3 is 2.17 bits per heavy atom. The molecule has 0 N–H and O–H groups in total. The highest BCUT2D eigenvalue weighted by Gasteiger charge is 2.15. The third kappa shape index (κ3) is 13.7. The fourth-order valence-electron chi connectivity index (χ4n) is 3.76. The normalized spacial score (nSPS) is 12.3. The van der Waals surface area contributed by atoms with Gasteiger partial charge in [0.2, 0.25) is 5.83 Å². The highest BCUT2D eigenvalue weighted by atomic mass is 19.1.